The third-order valence-corrected chi connectivity index (χ3v) is 10.4. The Balaban J connectivity index is 1.52. The molecule has 4 atom stereocenters. The number of carbonyl (C=O) groups is 1. The van der Waals surface area contributed by atoms with E-state index in [1.807, 2.05) is 36.4 Å². The predicted molar refractivity (Wildman–Crippen MR) is 136 cm³/mol. The number of fused-ring (bicyclic) bond motifs is 3. The molecule has 0 saturated heterocycles. The van der Waals surface area contributed by atoms with Crippen LogP contribution < -0.4 is 20.6 Å². The molecule has 2 saturated carbocycles. The van der Waals surface area contributed by atoms with Crippen LogP contribution in [0.3, 0.4) is 0 Å². The van der Waals surface area contributed by atoms with Gasteiger partial charge in [0.05, 0.1) is 16.8 Å². The fraction of sp³-hybridized carbons (Fsp3) is 0.429. The van der Waals surface area contributed by atoms with Gasteiger partial charge in [-0.2, -0.15) is 0 Å². The van der Waals surface area contributed by atoms with Gasteiger partial charge in [0.15, 0.2) is 5.37 Å². The number of rotatable bonds is 5. The Bertz CT molecular complexity index is 1610. The summed E-state index contributed by atoms with van der Waals surface area (Å²) in [6.07, 6.45) is 8.92. The summed E-state index contributed by atoms with van der Waals surface area (Å²) in [4.78, 5) is 17.3. The first-order valence-corrected chi connectivity index (χ1v) is 14.2. The monoisotopic (exact) mass is 503 g/mol. The highest BCUT2D eigenvalue weighted by molar-refractivity contribution is 7.89. The molecule has 1 spiro atoms. The molecule has 3 N–H and O–H groups in total. The molecular formula is C28H29N3O4S. The Morgan fingerprint density at radius 2 is 2.00 bits per heavy atom. The summed E-state index contributed by atoms with van der Waals surface area (Å²) in [7, 11) is -3.88. The van der Waals surface area contributed by atoms with Crippen LogP contribution in [0.4, 0.5) is 0 Å². The molecule has 1 aliphatic heterocycles. The van der Waals surface area contributed by atoms with Crippen molar-refractivity contribution in [2.75, 3.05) is 0 Å². The first kappa shape index (κ1) is 22.4. The van der Waals surface area contributed by atoms with Gasteiger partial charge >= 0.3 is 5.97 Å². The van der Waals surface area contributed by atoms with Crippen LogP contribution in [-0.4, -0.2) is 36.1 Å². The molecule has 0 radical (unpaired) electrons. The molecule has 2 fully saturated rings. The van der Waals surface area contributed by atoms with Gasteiger partial charge in [0, 0.05) is 23.0 Å². The van der Waals surface area contributed by atoms with Gasteiger partial charge in [-0.1, -0.05) is 44.2 Å². The van der Waals surface area contributed by atoms with Crippen LogP contribution in [0.2, 0.25) is 0 Å². The standard InChI is InChI=1S/C28H29N3O4S/c1-27(2)14-22(27)31-36(34,35)25-20-13-16(15-5-6-15)7-9-19(20)23-24-17(4-3-11-29-24)12-18-8-10-21(26(32)33)28(18,23)30-25/h3-4,7-9,11-13,15,21-22,25,30-31H,5-6,10,14H2,1-2H3,(H,32,33). The van der Waals surface area contributed by atoms with E-state index in [-0.39, 0.29) is 11.5 Å². The number of sulfonamides is 1. The van der Waals surface area contributed by atoms with E-state index in [1.54, 1.807) is 6.20 Å². The van der Waals surface area contributed by atoms with E-state index in [0.717, 1.165) is 46.8 Å². The topological polar surface area (TPSA) is 108 Å². The number of carboxylic acid groups (broad SMARTS) is 1. The first-order valence-electron chi connectivity index (χ1n) is 12.7. The minimum absolute atomic E-state index is 0.0838. The van der Waals surface area contributed by atoms with E-state index in [2.05, 4.69) is 30.0 Å². The van der Waals surface area contributed by atoms with Gasteiger partial charge in [0.25, 0.3) is 0 Å². The van der Waals surface area contributed by atoms with Crippen molar-refractivity contribution >= 4 is 27.6 Å². The number of nitrogens with zero attached hydrogens (tertiary/aromatic N) is 1. The molecule has 4 aliphatic carbocycles. The van der Waals surface area contributed by atoms with Crippen molar-refractivity contribution in [2.45, 2.75) is 62.4 Å². The highest BCUT2D eigenvalue weighted by Crippen LogP contribution is 2.53. The minimum atomic E-state index is -3.88. The summed E-state index contributed by atoms with van der Waals surface area (Å²) in [6, 6.07) is 9.83. The zero-order valence-electron chi connectivity index (χ0n) is 20.3. The van der Waals surface area contributed by atoms with Crippen molar-refractivity contribution in [3.63, 3.8) is 0 Å². The second kappa shape index (κ2) is 7.15. The average Bonchev–Trinajstić information content (AvgIpc) is 3.73. The van der Waals surface area contributed by atoms with Crippen LogP contribution in [0.5, 0.6) is 0 Å². The predicted octanol–water partition coefficient (Wildman–Crippen LogP) is 2.04. The summed E-state index contributed by atoms with van der Waals surface area (Å²) in [5, 5.41) is 14.3. The Labute approximate surface area is 210 Å². The lowest BCUT2D eigenvalue weighted by atomic mass is 9.68. The van der Waals surface area contributed by atoms with E-state index in [9.17, 15) is 18.3 Å². The second-order valence-corrected chi connectivity index (χ2v) is 13.4. The third-order valence-electron chi connectivity index (χ3n) is 8.80. The van der Waals surface area contributed by atoms with Crippen LogP contribution in [0.15, 0.2) is 48.2 Å². The fourth-order valence-electron chi connectivity index (χ4n) is 6.41. The van der Waals surface area contributed by atoms with Crippen molar-refractivity contribution < 1.29 is 18.3 Å². The van der Waals surface area contributed by atoms with E-state index in [0.29, 0.717) is 23.3 Å². The van der Waals surface area contributed by atoms with Gasteiger partial charge in [0.2, 0.25) is 10.0 Å². The van der Waals surface area contributed by atoms with E-state index < -0.39 is 32.8 Å². The lowest BCUT2D eigenvalue weighted by Crippen LogP contribution is -2.63. The molecular weight excluding hydrogens is 474 g/mol. The average molecular weight is 504 g/mol. The maximum Gasteiger partial charge on any atom is 0.309 e. The number of benzene rings is 1. The second-order valence-electron chi connectivity index (χ2n) is 11.6. The first-order chi connectivity index (χ1) is 17.1. The maximum atomic E-state index is 14.0. The minimum Gasteiger partial charge on any atom is -0.481 e. The number of aromatic nitrogens is 1. The number of carboxylic acids is 1. The number of nitrogens with one attached hydrogen (secondary N) is 2. The van der Waals surface area contributed by atoms with Crippen LogP contribution in [0.1, 0.15) is 67.5 Å². The Kier molecular flexibility index (Phi) is 4.45. The van der Waals surface area contributed by atoms with Gasteiger partial charge in [-0.25, -0.2) is 13.1 Å². The lowest BCUT2D eigenvalue weighted by molar-refractivity contribution is -0.142. The molecule has 0 bridgehead atoms. The molecule has 36 heavy (non-hydrogen) atoms. The molecule has 7 rings (SSSR count). The van der Waals surface area contributed by atoms with Crippen molar-refractivity contribution in [3.8, 4) is 0 Å². The highest BCUT2D eigenvalue weighted by atomic mass is 32.2. The Hall–Kier alpha value is -2.81. The van der Waals surface area contributed by atoms with Crippen molar-refractivity contribution in [1.29, 1.82) is 0 Å². The number of allylic oxidation sites excluding steroid dienone is 1. The highest BCUT2D eigenvalue weighted by Gasteiger charge is 2.59. The summed E-state index contributed by atoms with van der Waals surface area (Å²) in [6.45, 7) is 4.10. The van der Waals surface area contributed by atoms with Gasteiger partial charge in [-0.05, 0) is 71.4 Å². The number of aliphatic carboxylic acids is 1. The van der Waals surface area contributed by atoms with Crippen LogP contribution in [-0.2, 0) is 14.8 Å². The molecule has 2 aromatic rings. The summed E-state index contributed by atoms with van der Waals surface area (Å²) >= 11 is 0. The Morgan fingerprint density at radius 3 is 2.69 bits per heavy atom. The maximum absolute atomic E-state index is 14.0. The SMILES string of the molecule is CC1(C)CC1NS(=O)(=O)C1NC23C(=CCC2C(=O)O)C=c2cccnc2=C3c2ccc(C3CC3)cc21. The molecule has 7 nitrogen and oxygen atoms in total. The molecule has 1 aromatic carbocycles. The van der Waals surface area contributed by atoms with Gasteiger partial charge in [-0.15, -0.1) is 0 Å². The van der Waals surface area contributed by atoms with Crippen LogP contribution in [0.25, 0.3) is 11.6 Å². The summed E-state index contributed by atoms with van der Waals surface area (Å²) in [5.41, 5.74) is 2.90. The van der Waals surface area contributed by atoms with E-state index in [1.165, 1.54) is 0 Å². The van der Waals surface area contributed by atoms with E-state index in [4.69, 9.17) is 4.98 Å². The smallest absolute Gasteiger partial charge is 0.309 e. The molecule has 2 heterocycles. The largest absolute Gasteiger partial charge is 0.481 e. The Morgan fingerprint density at radius 1 is 1.22 bits per heavy atom. The number of pyridine rings is 1. The van der Waals surface area contributed by atoms with Gasteiger partial charge in [-0.3, -0.25) is 15.1 Å². The number of hydrogen-bond donors (Lipinski definition) is 3. The van der Waals surface area contributed by atoms with Crippen molar-refractivity contribution in [2.24, 2.45) is 11.3 Å². The number of hydrogen-bond acceptors (Lipinski definition) is 5. The van der Waals surface area contributed by atoms with Crippen LogP contribution >= 0.6 is 0 Å². The molecule has 4 unspecified atom stereocenters. The molecule has 0 amide bonds. The van der Waals surface area contributed by atoms with Crippen LogP contribution in [0, 0.1) is 11.3 Å². The quantitative estimate of drug-likeness (QED) is 0.576. The fourth-order valence-corrected chi connectivity index (χ4v) is 8.22. The van der Waals surface area contributed by atoms with Crippen molar-refractivity contribution in [1.82, 2.24) is 15.0 Å². The molecule has 1 aromatic heterocycles. The van der Waals surface area contributed by atoms with Gasteiger partial charge in [0.1, 0.15) is 0 Å². The normalized spacial score (nSPS) is 31.3. The van der Waals surface area contributed by atoms with Crippen molar-refractivity contribution in [3.05, 3.63) is 75.4 Å². The summed E-state index contributed by atoms with van der Waals surface area (Å²) < 4.78 is 30.9. The zero-order valence-corrected chi connectivity index (χ0v) is 21.1. The van der Waals surface area contributed by atoms with Gasteiger partial charge < -0.3 is 5.11 Å². The lowest BCUT2D eigenvalue weighted by Gasteiger charge is -2.47. The third kappa shape index (κ3) is 3.07. The summed E-state index contributed by atoms with van der Waals surface area (Å²) in [5.74, 6) is -1.35. The zero-order chi connectivity index (χ0) is 25.0. The molecule has 8 heteroatoms. The molecule has 186 valence electrons. The molecule has 5 aliphatic rings. The van der Waals surface area contributed by atoms with E-state index >= 15 is 0 Å².